The van der Waals surface area contributed by atoms with Crippen molar-refractivity contribution in [3.63, 3.8) is 0 Å². The first-order chi connectivity index (χ1) is 10.2. The molecule has 0 N–H and O–H groups in total. The lowest BCUT2D eigenvalue weighted by atomic mass is 10.1. The average Bonchev–Trinajstić information content (AvgIpc) is 2.54. The van der Waals surface area contributed by atoms with Gasteiger partial charge in [-0.1, -0.05) is 46.3 Å². The van der Waals surface area contributed by atoms with Gasteiger partial charge in [0.05, 0.1) is 18.8 Å². The van der Waals surface area contributed by atoms with E-state index < -0.39 is 0 Å². The third-order valence-electron chi connectivity index (χ3n) is 3.93. The molecule has 0 radical (unpaired) electrons. The molecule has 0 aromatic heterocycles. The summed E-state index contributed by atoms with van der Waals surface area (Å²) in [6.07, 6.45) is 0.0746. The van der Waals surface area contributed by atoms with Crippen LogP contribution in [0.2, 0.25) is 0 Å². The zero-order valence-electron chi connectivity index (χ0n) is 12.0. The van der Waals surface area contributed by atoms with Gasteiger partial charge in [0.15, 0.2) is 0 Å². The second-order valence-electron chi connectivity index (χ2n) is 5.48. The minimum absolute atomic E-state index is 0.0746. The Morgan fingerprint density at radius 2 is 2.05 bits per heavy atom. The van der Waals surface area contributed by atoms with E-state index in [1.165, 1.54) is 0 Å². The minimum atomic E-state index is 0.0746. The Balaban J connectivity index is 1.88. The molecule has 4 heteroatoms. The molecule has 21 heavy (non-hydrogen) atoms. The molecular formula is C17H18BrNO2. The number of rotatable bonds is 2. The maximum Gasteiger partial charge on any atom is 0.254 e. The molecule has 1 fully saturated rings. The molecule has 1 aliphatic rings. The van der Waals surface area contributed by atoms with Crippen LogP contribution in [0.3, 0.4) is 0 Å². The largest absolute Gasteiger partial charge is 0.373 e. The van der Waals surface area contributed by atoms with Gasteiger partial charge in [0, 0.05) is 17.4 Å². The molecule has 0 bridgehead atoms. The number of halogens is 1. The molecule has 3 nitrogen and oxygen atoms in total. The summed E-state index contributed by atoms with van der Waals surface area (Å²) in [6, 6.07) is 14.1. The summed E-state index contributed by atoms with van der Waals surface area (Å²) in [5, 5.41) is 3.00. The predicted molar refractivity (Wildman–Crippen MR) is 88.0 cm³/mol. The molecule has 2 unspecified atom stereocenters. The van der Waals surface area contributed by atoms with Crippen LogP contribution >= 0.6 is 15.9 Å². The Kier molecular flexibility index (Phi) is 4.27. The van der Waals surface area contributed by atoms with E-state index in [4.69, 9.17) is 4.74 Å². The maximum atomic E-state index is 12.8. The van der Waals surface area contributed by atoms with Crippen LogP contribution in [0.1, 0.15) is 17.3 Å². The van der Waals surface area contributed by atoms with Crippen molar-refractivity contribution in [3.8, 4) is 0 Å². The fraction of sp³-hybridized carbons (Fsp3) is 0.353. The Labute approximate surface area is 133 Å². The van der Waals surface area contributed by atoms with Crippen molar-refractivity contribution in [1.29, 1.82) is 0 Å². The first kappa shape index (κ1) is 14.5. The van der Waals surface area contributed by atoms with E-state index in [0.717, 1.165) is 21.7 Å². The molecule has 2 aromatic rings. The van der Waals surface area contributed by atoms with Crippen LogP contribution in [0.25, 0.3) is 10.8 Å². The molecule has 110 valence electrons. The minimum Gasteiger partial charge on any atom is -0.373 e. The standard InChI is InChI=1S/C17H18BrNO2/c1-12-11-21-16(9-18)10-19(12)17(20)15-7-6-13-4-2-3-5-14(13)8-15/h2-8,12,16H,9-11H2,1H3. The number of benzene rings is 2. The van der Waals surface area contributed by atoms with Crippen molar-refractivity contribution in [2.75, 3.05) is 18.5 Å². The molecule has 2 atom stereocenters. The Morgan fingerprint density at radius 3 is 2.81 bits per heavy atom. The normalized spacial score (nSPS) is 22.5. The van der Waals surface area contributed by atoms with E-state index in [1.54, 1.807) is 0 Å². The lowest BCUT2D eigenvalue weighted by molar-refractivity contribution is -0.0361. The zero-order valence-corrected chi connectivity index (χ0v) is 13.5. The van der Waals surface area contributed by atoms with Crippen LogP contribution in [0.5, 0.6) is 0 Å². The van der Waals surface area contributed by atoms with Crippen molar-refractivity contribution in [1.82, 2.24) is 4.90 Å². The van der Waals surface area contributed by atoms with Crippen LogP contribution in [0, 0.1) is 0 Å². The molecule has 1 amide bonds. The van der Waals surface area contributed by atoms with Gasteiger partial charge in [-0.15, -0.1) is 0 Å². The summed E-state index contributed by atoms with van der Waals surface area (Å²) in [5.41, 5.74) is 0.746. The monoisotopic (exact) mass is 347 g/mol. The smallest absolute Gasteiger partial charge is 0.254 e. The summed E-state index contributed by atoms with van der Waals surface area (Å²) in [5.74, 6) is 0.0857. The van der Waals surface area contributed by atoms with Crippen LogP contribution < -0.4 is 0 Å². The van der Waals surface area contributed by atoms with E-state index in [1.807, 2.05) is 48.2 Å². The number of amides is 1. The van der Waals surface area contributed by atoms with Crippen molar-refractivity contribution in [2.45, 2.75) is 19.1 Å². The second-order valence-corrected chi connectivity index (χ2v) is 6.13. The number of carbonyl (C=O) groups is 1. The van der Waals surface area contributed by atoms with Crippen LogP contribution in [-0.2, 0) is 4.74 Å². The first-order valence-electron chi connectivity index (χ1n) is 7.16. The van der Waals surface area contributed by atoms with Crippen molar-refractivity contribution in [2.24, 2.45) is 0 Å². The summed E-state index contributed by atoms with van der Waals surface area (Å²) in [6.45, 7) is 3.26. The van der Waals surface area contributed by atoms with Crippen molar-refractivity contribution >= 4 is 32.6 Å². The summed E-state index contributed by atoms with van der Waals surface area (Å²) >= 11 is 3.43. The predicted octanol–water partition coefficient (Wildman–Crippen LogP) is 3.46. The molecule has 2 aromatic carbocycles. The van der Waals surface area contributed by atoms with Gasteiger partial charge < -0.3 is 9.64 Å². The highest BCUT2D eigenvalue weighted by molar-refractivity contribution is 9.09. The number of hydrogen-bond donors (Lipinski definition) is 0. The Bertz CT molecular complexity index is 658. The fourth-order valence-electron chi connectivity index (χ4n) is 2.68. The lowest BCUT2D eigenvalue weighted by Crippen LogP contribution is -2.51. The Hall–Kier alpha value is -1.39. The molecule has 0 spiro atoms. The topological polar surface area (TPSA) is 29.5 Å². The summed E-state index contributed by atoms with van der Waals surface area (Å²) < 4.78 is 5.69. The van der Waals surface area contributed by atoms with Gasteiger partial charge in [0.1, 0.15) is 0 Å². The van der Waals surface area contributed by atoms with Gasteiger partial charge in [-0.3, -0.25) is 4.79 Å². The SMILES string of the molecule is CC1COC(CBr)CN1C(=O)c1ccc2ccccc2c1. The molecule has 3 rings (SSSR count). The van der Waals surface area contributed by atoms with Gasteiger partial charge in [-0.25, -0.2) is 0 Å². The van der Waals surface area contributed by atoms with E-state index in [9.17, 15) is 4.79 Å². The molecule has 1 aliphatic heterocycles. The number of fused-ring (bicyclic) bond motifs is 1. The van der Waals surface area contributed by atoms with E-state index in [0.29, 0.717) is 13.2 Å². The fourth-order valence-corrected chi connectivity index (χ4v) is 3.07. The average molecular weight is 348 g/mol. The van der Waals surface area contributed by atoms with E-state index >= 15 is 0 Å². The number of alkyl halides is 1. The first-order valence-corrected chi connectivity index (χ1v) is 8.28. The third kappa shape index (κ3) is 2.97. The summed E-state index contributed by atoms with van der Waals surface area (Å²) in [4.78, 5) is 14.7. The molecular weight excluding hydrogens is 330 g/mol. The Morgan fingerprint density at radius 1 is 1.29 bits per heavy atom. The molecule has 0 saturated carbocycles. The zero-order chi connectivity index (χ0) is 14.8. The highest BCUT2D eigenvalue weighted by Gasteiger charge is 2.29. The van der Waals surface area contributed by atoms with Gasteiger partial charge in [-0.05, 0) is 29.8 Å². The van der Waals surface area contributed by atoms with E-state index in [-0.39, 0.29) is 18.1 Å². The van der Waals surface area contributed by atoms with Crippen molar-refractivity contribution < 1.29 is 9.53 Å². The summed E-state index contributed by atoms with van der Waals surface area (Å²) in [7, 11) is 0. The number of nitrogens with zero attached hydrogens (tertiary/aromatic N) is 1. The van der Waals surface area contributed by atoms with Crippen LogP contribution in [-0.4, -0.2) is 41.4 Å². The maximum absolute atomic E-state index is 12.8. The van der Waals surface area contributed by atoms with Gasteiger partial charge in [-0.2, -0.15) is 0 Å². The van der Waals surface area contributed by atoms with Crippen LogP contribution in [0.15, 0.2) is 42.5 Å². The van der Waals surface area contributed by atoms with E-state index in [2.05, 4.69) is 22.0 Å². The van der Waals surface area contributed by atoms with Gasteiger partial charge in [0.2, 0.25) is 0 Å². The molecule has 1 heterocycles. The third-order valence-corrected chi connectivity index (χ3v) is 4.66. The molecule has 1 saturated heterocycles. The quantitative estimate of drug-likeness (QED) is 0.778. The highest BCUT2D eigenvalue weighted by atomic mass is 79.9. The van der Waals surface area contributed by atoms with Gasteiger partial charge >= 0.3 is 0 Å². The van der Waals surface area contributed by atoms with Crippen molar-refractivity contribution in [3.05, 3.63) is 48.0 Å². The second kappa shape index (κ2) is 6.16. The number of morpholine rings is 1. The number of carbonyl (C=O) groups excluding carboxylic acids is 1. The highest BCUT2D eigenvalue weighted by Crippen LogP contribution is 2.20. The number of hydrogen-bond acceptors (Lipinski definition) is 2. The van der Waals surface area contributed by atoms with Gasteiger partial charge in [0.25, 0.3) is 5.91 Å². The number of ether oxygens (including phenoxy) is 1. The van der Waals surface area contributed by atoms with Crippen LogP contribution in [0.4, 0.5) is 0 Å². The molecule has 0 aliphatic carbocycles. The lowest BCUT2D eigenvalue weighted by Gasteiger charge is -2.37.